The van der Waals surface area contributed by atoms with Crippen molar-refractivity contribution >= 4 is 24.2 Å². The number of piperidine rings is 1. The first-order chi connectivity index (χ1) is 9.16. The van der Waals surface area contributed by atoms with Crippen LogP contribution in [0.3, 0.4) is 0 Å². The summed E-state index contributed by atoms with van der Waals surface area (Å²) in [6.07, 6.45) is 7.00. The van der Waals surface area contributed by atoms with Crippen LogP contribution in [0.4, 0.5) is 0 Å². The highest BCUT2D eigenvalue weighted by atomic mass is 35.5. The van der Waals surface area contributed by atoms with Gasteiger partial charge in [-0.1, -0.05) is 6.42 Å². The second-order valence-corrected chi connectivity index (χ2v) is 5.78. The number of hydrogen-bond acceptors (Lipinski definition) is 3. The maximum Gasteiger partial charge on any atom is 0.241 e. The first-order valence-electron chi connectivity index (χ1n) is 7.47. The predicted octanol–water partition coefficient (Wildman–Crippen LogP) is 1.05. The minimum absolute atomic E-state index is 0. The lowest BCUT2D eigenvalue weighted by molar-refractivity contribution is -0.133. The number of nitrogens with one attached hydrogen (secondary N) is 1. The van der Waals surface area contributed by atoms with Crippen LogP contribution in [0, 0.1) is 5.92 Å². The molecule has 5 nitrogen and oxygen atoms in total. The van der Waals surface area contributed by atoms with E-state index in [2.05, 4.69) is 5.32 Å². The number of nitrogens with zero attached hydrogens (tertiary/aromatic N) is 1. The Morgan fingerprint density at radius 2 is 1.80 bits per heavy atom. The van der Waals surface area contributed by atoms with Crippen LogP contribution in [0.1, 0.15) is 44.9 Å². The van der Waals surface area contributed by atoms with Crippen LogP contribution in [-0.4, -0.2) is 42.4 Å². The second-order valence-electron chi connectivity index (χ2n) is 5.78. The van der Waals surface area contributed by atoms with Crippen LogP contribution in [0.2, 0.25) is 0 Å². The van der Waals surface area contributed by atoms with E-state index in [1.54, 1.807) is 0 Å². The molecule has 0 aromatic heterocycles. The molecule has 0 spiro atoms. The van der Waals surface area contributed by atoms with Crippen LogP contribution in [0.15, 0.2) is 0 Å². The summed E-state index contributed by atoms with van der Waals surface area (Å²) < 4.78 is 0. The van der Waals surface area contributed by atoms with Crippen LogP contribution in [0.25, 0.3) is 0 Å². The molecule has 1 saturated carbocycles. The quantitative estimate of drug-likeness (QED) is 0.815. The summed E-state index contributed by atoms with van der Waals surface area (Å²) in [5, 5.41) is 2.74. The lowest BCUT2D eigenvalue weighted by Crippen LogP contribution is -2.43. The van der Waals surface area contributed by atoms with E-state index in [9.17, 15) is 9.59 Å². The SMILES string of the molecule is Cl.N[C@@H]1CCC[C@H]1CC(=O)NCC(=O)N1CCCCC1. The summed E-state index contributed by atoms with van der Waals surface area (Å²) in [4.78, 5) is 25.5. The third kappa shape index (κ3) is 4.94. The van der Waals surface area contributed by atoms with Gasteiger partial charge in [0.05, 0.1) is 6.54 Å². The Morgan fingerprint density at radius 1 is 1.10 bits per heavy atom. The van der Waals surface area contributed by atoms with Gasteiger partial charge in [0.2, 0.25) is 11.8 Å². The number of nitrogens with two attached hydrogens (primary N) is 1. The number of rotatable bonds is 4. The van der Waals surface area contributed by atoms with Crippen molar-refractivity contribution in [2.75, 3.05) is 19.6 Å². The van der Waals surface area contributed by atoms with Crippen molar-refractivity contribution in [2.45, 2.75) is 51.0 Å². The molecule has 0 unspecified atom stereocenters. The molecule has 1 aliphatic carbocycles. The van der Waals surface area contributed by atoms with Crippen molar-refractivity contribution in [2.24, 2.45) is 11.7 Å². The van der Waals surface area contributed by atoms with Crippen LogP contribution >= 0.6 is 12.4 Å². The van der Waals surface area contributed by atoms with Gasteiger partial charge in [-0.3, -0.25) is 9.59 Å². The molecule has 116 valence electrons. The Balaban J connectivity index is 0.00000200. The molecule has 1 saturated heterocycles. The fraction of sp³-hybridized carbons (Fsp3) is 0.857. The molecule has 20 heavy (non-hydrogen) atoms. The van der Waals surface area contributed by atoms with Gasteiger partial charge in [-0.25, -0.2) is 0 Å². The predicted molar refractivity (Wildman–Crippen MR) is 80.6 cm³/mol. The number of carbonyl (C=O) groups is 2. The zero-order chi connectivity index (χ0) is 13.7. The van der Waals surface area contributed by atoms with E-state index in [1.165, 1.54) is 6.42 Å². The lowest BCUT2D eigenvalue weighted by Gasteiger charge is -2.26. The van der Waals surface area contributed by atoms with Crippen molar-refractivity contribution < 1.29 is 9.59 Å². The largest absolute Gasteiger partial charge is 0.347 e. The maximum atomic E-state index is 11.9. The van der Waals surface area contributed by atoms with Gasteiger partial charge in [-0.05, 0) is 38.0 Å². The van der Waals surface area contributed by atoms with Gasteiger partial charge in [0, 0.05) is 25.6 Å². The van der Waals surface area contributed by atoms with Gasteiger partial charge >= 0.3 is 0 Å². The first-order valence-corrected chi connectivity index (χ1v) is 7.47. The average molecular weight is 304 g/mol. The van der Waals surface area contributed by atoms with Crippen molar-refractivity contribution in [1.29, 1.82) is 0 Å². The summed E-state index contributed by atoms with van der Waals surface area (Å²) in [6, 6.07) is 0.156. The number of carbonyl (C=O) groups excluding carboxylic acids is 2. The van der Waals surface area contributed by atoms with Crippen LogP contribution in [-0.2, 0) is 9.59 Å². The Labute approximate surface area is 127 Å². The molecule has 1 aliphatic heterocycles. The van der Waals surface area contributed by atoms with Crippen molar-refractivity contribution in [3.8, 4) is 0 Å². The monoisotopic (exact) mass is 303 g/mol. The Kier molecular flexibility index (Phi) is 7.30. The van der Waals surface area contributed by atoms with Crippen LogP contribution in [0.5, 0.6) is 0 Å². The van der Waals surface area contributed by atoms with E-state index in [1.807, 2.05) is 4.90 Å². The second kappa shape index (κ2) is 8.47. The number of likely N-dealkylation sites (tertiary alicyclic amines) is 1. The Morgan fingerprint density at radius 3 is 2.40 bits per heavy atom. The Hall–Kier alpha value is -0.810. The van der Waals surface area contributed by atoms with E-state index in [0.717, 1.165) is 45.2 Å². The molecule has 2 rings (SSSR count). The highest BCUT2D eigenvalue weighted by Crippen LogP contribution is 2.26. The molecular weight excluding hydrogens is 278 g/mol. The van der Waals surface area contributed by atoms with Gasteiger partial charge in [-0.15, -0.1) is 12.4 Å². The number of halogens is 1. The molecule has 0 bridgehead atoms. The van der Waals surface area contributed by atoms with E-state index >= 15 is 0 Å². The topological polar surface area (TPSA) is 75.4 Å². The maximum absolute atomic E-state index is 11.9. The lowest BCUT2D eigenvalue weighted by atomic mass is 10.00. The van der Waals surface area contributed by atoms with Crippen molar-refractivity contribution in [3.05, 3.63) is 0 Å². The highest BCUT2D eigenvalue weighted by Gasteiger charge is 2.26. The fourth-order valence-corrected chi connectivity index (χ4v) is 3.06. The summed E-state index contributed by atoms with van der Waals surface area (Å²) in [6.45, 7) is 1.81. The standard InChI is InChI=1S/C14H25N3O2.ClH/c15-12-6-4-5-11(12)9-13(18)16-10-14(19)17-7-2-1-3-8-17;/h11-12H,1-10,15H2,(H,16,18);1H/t11-,12+;/m0./s1. The van der Waals surface area contributed by atoms with Crippen molar-refractivity contribution in [1.82, 2.24) is 10.2 Å². The molecule has 2 fully saturated rings. The third-order valence-corrected chi connectivity index (χ3v) is 4.31. The molecule has 0 aromatic rings. The van der Waals surface area contributed by atoms with E-state index in [4.69, 9.17) is 5.73 Å². The van der Waals surface area contributed by atoms with E-state index < -0.39 is 0 Å². The first kappa shape index (κ1) is 17.2. The summed E-state index contributed by atoms with van der Waals surface area (Å²) >= 11 is 0. The zero-order valence-electron chi connectivity index (χ0n) is 12.0. The van der Waals surface area contributed by atoms with E-state index in [0.29, 0.717) is 12.3 Å². The average Bonchev–Trinajstić information content (AvgIpc) is 2.82. The van der Waals surface area contributed by atoms with Gasteiger partial charge in [0.15, 0.2) is 0 Å². The molecule has 0 aromatic carbocycles. The highest BCUT2D eigenvalue weighted by molar-refractivity contribution is 5.85. The van der Waals surface area contributed by atoms with Crippen LogP contribution < -0.4 is 11.1 Å². The van der Waals surface area contributed by atoms with Crippen molar-refractivity contribution in [3.63, 3.8) is 0 Å². The molecule has 1 heterocycles. The van der Waals surface area contributed by atoms with E-state index in [-0.39, 0.29) is 36.8 Å². The number of amides is 2. The minimum Gasteiger partial charge on any atom is -0.347 e. The normalized spacial score (nSPS) is 25.9. The molecule has 6 heteroatoms. The molecule has 2 atom stereocenters. The van der Waals surface area contributed by atoms with Gasteiger partial charge in [0.1, 0.15) is 0 Å². The Bertz CT molecular complexity index is 332. The summed E-state index contributed by atoms with van der Waals surface area (Å²) in [7, 11) is 0. The molecule has 2 amide bonds. The van der Waals surface area contributed by atoms with Gasteiger partial charge in [0.25, 0.3) is 0 Å². The molecule has 3 N–H and O–H groups in total. The molecular formula is C14H26ClN3O2. The third-order valence-electron chi connectivity index (χ3n) is 4.31. The van der Waals surface area contributed by atoms with Gasteiger partial charge < -0.3 is 16.0 Å². The molecule has 0 radical (unpaired) electrons. The summed E-state index contributed by atoms with van der Waals surface area (Å²) in [5.74, 6) is 0.307. The summed E-state index contributed by atoms with van der Waals surface area (Å²) in [5.41, 5.74) is 5.94. The number of hydrogen-bond donors (Lipinski definition) is 2. The fourth-order valence-electron chi connectivity index (χ4n) is 3.06. The van der Waals surface area contributed by atoms with Gasteiger partial charge in [-0.2, -0.15) is 0 Å². The minimum atomic E-state index is -0.0345. The smallest absolute Gasteiger partial charge is 0.241 e. The zero-order valence-corrected chi connectivity index (χ0v) is 12.8. The molecule has 2 aliphatic rings.